The second kappa shape index (κ2) is 8.43. The van der Waals surface area contributed by atoms with Gasteiger partial charge in [0.2, 0.25) is 11.8 Å². The third kappa shape index (κ3) is 5.22. The van der Waals surface area contributed by atoms with E-state index in [1.165, 1.54) is 0 Å². The molecule has 0 bridgehead atoms. The van der Waals surface area contributed by atoms with E-state index in [-0.39, 0.29) is 24.3 Å². The summed E-state index contributed by atoms with van der Waals surface area (Å²) in [7, 11) is 0. The first-order chi connectivity index (χ1) is 13.0. The number of aryl methyl sites for hydroxylation is 1. The fraction of sp³-hybridized carbons (Fsp3) is 0.571. The molecule has 0 atom stereocenters. The zero-order chi connectivity index (χ0) is 19.3. The fourth-order valence-electron chi connectivity index (χ4n) is 3.56. The van der Waals surface area contributed by atoms with Gasteiger partial charge in [0.05, 0.1) is 12.6 Å². The van der Waals surface area contributed by atoms with Gasteiger partial charge in [-0.05, 0) is 50.3 Å². The van der Waals surface area contributed by atoms with E-state index in [0.29, 0.717) is 0 Å². The van der Waals surface area contributed by atoms with Crippen LogP contribution in [0.4, 0.5) is 11.4 Å². The molecule has 3 rings (SSSR count). The lowest BCUT2D eigenvalue weighted by Gasteiger charge is -2.26. The summed E-state index contributed by atoms with van der Waals surface area (Å²) in [6.07, 6.45) is 7.56. The molecule has 1 aromatic carbocycles. The van der Waals surface area contributed by atoms with Crippen LogP contribution in [0.3, 0.4) is 0 Å². The molecule has 0 saturated heterocycles. The highest BCUT2D eigenvalue weighted by atomic mass is 16.2. The molecule has 6 heteroatoms. The SMILES string of the molecule is Cc1ccc(NC(=O)C2CC2)cc1NCC(=O)NC1(C#N)CCCCCC1. The quantitative estimate of drug-likeness (QED) is 0.670. The predicted octanol–water partition coefficient (Wildman–Crippen LogP) is 3.49. The Balaban J connectivity index is 1.57. The van der Waals surface area contributed by atoms with Gasteiger partial charge in [-0.15, -0.1) is 0 Å². The van der Waals surface area contributed by atoms with Gasteiger partial charge in [-0.1, -0.05) is 31.7 Å². The van der Waals surface area contributed by atoms with E-state index in [4.69, 9.17) is 0 Å². The molecule has 1 aromatic rings. The van der Waals surface area contributed by atoms with Crippen LogP contribution in [0.5, 0.6) is 0 Å². The molecule has 0 spiro atoms. The first-order valence-electron chi connectivity index (χ1n) is 9.89. The lowest BCUT2D eigenvalue weighted by atomic mass is 9.92. The molecule has 0 heterocycles. The van der Waals surface area contributed by atoms with E-state index in [2.05, 4.69) is 22.0 Å². The van der Waals surface area contributed by atoms with Gasteiger partial charge in [-0.25, -0.2) is 0 Å². The molecule has 2 aliphatic rings. The van der Waals surface area contributed by atoms with E-state index >= 15 is 0 Å². The van der Waals surface area contributed by atoms with Gasteiger partial charge >= 0.3 is 0 Å². The molecule has 27 heavy (non-hydrogen) atoms. The molecule has 2 amide bonds. The van der Waals surface area contributed by atoms with Crippen molar-refractivity contribution in [2.45, 2.75) is 63.8 Å². The van der Waals surface area contributed by atoms with Gasteiger partial charge in [0.1, 0.15) is 5.54 Å². The van der Waals surface area contributed by atoms with E-state index in [1.54, 1.807) is 0 Å². The predicted molar refractivity (Wildman–Crippen MR) is 105 cm³/mol. The number of nitriles is 1. The minimum absolute atomic E-state index is 0.0619. The van der Waals surface area contributed by atoms with E-state index in [1.807, 2.05) is 25.1 Å². The van der Waals surface area contributed by atoms with Crippen LogP contribution in [0.25, 0.3) is 0 Å². The highest BCUT2D eigenvalue weighted by molar-refractivity contribution is 5.94. The monoisotopic (exact) mass is 368 g/mol. The van der Waals surface area contributed by atoms with Crippen molar-refractivity contribution in [3.05, 3.63) is 23.8 Å². The van der Waals surface area contributed by atoms with Crippen LogP contribution in [-0.2, 0) is 9.59 Å². The van der Waals surface area contributed by atoms with Crippen LogP contribution in [0.15, 0.2) is 18.2 Å². The lowest BCUT2D eigenvalue weighted by molar-refractivity contribution is -0.121. The number of amides is 2. The zero-order valence-electron chi connectivity index (χ0n) is 15.9. The molecule has 144 valence electrons. The summed E-state index contributed by atoms with van der Waals surface area (Å²) in [5, 5.41) is 18.6. The Hall–Kier alpha value is -2.55. The van der Waals surface area contributed by atoms with Crippen LogP contribution >= 0.6 is 0 Å². The number of nitrogens with zero attached hydrogens (tertiary/aromatic N) is 1. The first kappa shape index (κ1) is 19.2. The molecule has 0 unspecified atom stereocenters. The molecule has 0 radical (unpaired) electrons. The summed E-state index contributed by atoms with van der Waals surface area (Å²) >= 11 is 0. The number of hydrogen-bond donors (Lipinski definition) is 3. The van der Waals surface area contributed by atoms with Gasteiger partial charge < -0.3 is 16.0 Å². The van der Waals surface area contributed by atoms with Crippen LogP contribution in [0.2, 0.25) is 0 Å². The van der Waals surface area contributed by atoms with Crippen molar-refractivity contribution in [3.63, 3.8) is 0 Å². The highest BCUT2D eigenvalue weighted by Gasteiger charge is 2.32. The van der Waals surface area contributed by atoms with Crippen LogP contribution in [0.1, 0.15) is 56.9 Å². The van der Waals surface area contributed by atoms with Crippen molar-refractivity contribution in [1.29, 1.82) is 5.26 Å². The summed E-state index contributed by atoms with van der Waals surface area (Å²) in [6, 6.07) is 7.99. The molecule has 2 fully saturated rings. The summed E-state index contributed by atoms with van der Waals surface area (Å²) in [6.45, 7) is 2.05. The highest BCUT2D eigenvalue weighted by Crippen LogP contribution is 2.31. The Morgan fingerprint density at radius 3 is 2.52 bits per heavy atom. The van der Waals surface area contributed by atoms with Gasteiger partial charge in [0.15, 0.2) is 0 Å². The second-order valence-electron chi connectivity index (χ2n) is 7.80. The van der Waals surface area contributed by atoms with Crippen molar-refractivity contribution in [3.8, 4) is 6.07 Å². The van der Waals surface area contributed by atoms with Crippen molar-refractivity contribution < 1.29 is 9.59 Å². The molecule has 0 aliphatic heterocycles. The molecular formula is C21H28N4O2. The summed E-state index contributed by atoms with van der Waals surface area (Å²) in [5.41, 5.74) is 1.81. The Bertz CT molecular complexity index is 741. The molecule has 0 aromatic heterocycles. The van der Waals surface area contributed by atoms with Crippen LogP contribution in [-0.4, -0.2) is 23.9 Å². The van der Waals surface area contributed by atoms with E-state index in [0.717, 1.165) is 68.3 Å². The van der Waals surface area contributed by atoms with Gasteiger partial charge in [-0.3, -0.25) is 9.59 Å². The average molecular weight is 368 g/mol. The molecular weight excluding hydrogens is 340 g/mol. The first-order valence-corrected chi connectivity index (χ1v) is 9.89. The maximum Gasteiger partial charge on any atom is 0.240 e. The van der Waals surface area contributed by atoms with Crippen molar-refractivity contribution in [1.82, 2.24) is 5.32 Å². The average Bonchev–Trinajstić information content (AvgIpc) is 3.50. The Kier molecular flexibility index (Phi) is 6.00. The minimum atomic E-state index is -0.732. The minimum Gasteiger partial charge on any atom is -0.376 e. The standard InChI is InChI=1S/C21H28N4O2/c1-15-6-9-17(24-20(27)16-7-8-16)12-18(15)23-13-19(26)25-21(14-22)10-4-2-3-5-11-21/h6,9,12,16,23H,2-5,7-8,10-11,13H2,1H3,(H,24,27)(H,25,26). The second-order valence-corrected chi connectivity index (χ2v) is 7.80. The normalized spacial score (nSPS) is 18.7. The van der Waals surface area contributed by atoms with Gasteiger partial charge in [0.25, 0.3) is 0 Å². The Labute approximate surface area is 160 Å². The summed E-state index contributed by atoms with van der Waals surface area (Å²) < 4.78 is 0. The number of carbonyl (C=O) groups excluding carboxylic acids is 2. The Morgan fingerprint density at radius 2 is 1.89 bits per heavy atom. The summed E-state index contributed by atoms with van der Waals surface area (Å²) in [4.78, 5) is 24.4. The number of carbonyl (C=O) groups is 2. The zero-order valence-corrected chi connectivity index (χ0v) is 15.9. The largest absolute Gasteiger partial charge is 0.376 e. The van der Waals surface area contributed by atoms with Crippen molar-refractivity contribution in [2.75, 3.05) is 17.2 Å². The van der Waals surface area contributed by atoms with Crippen molar-refractivity contribution >= 4 is 23.2 Å². The number of nitrogens with one attached hydrogen (secondary N) is 3. The summed E-state index contributed by atoms with van der Waals surface area (Å²) in [5.74, 6) is 0.0346. The topological polar surface area (TPSA) is 94.0 Å². The van der Waals surface area contributed by atoms with Gasteiger partial charge in [-0.2, -0.15) is 5.26 Å². The molecule has 6 nitrogen and oxygen atoms in total. The third-order valence-electron chi connectivity index (χ3n) is 5.44. The third-order valence-corrected chi connectivity index (χ3v) is 5.44. The van der Waals surface area contributed by atoms with E-state index in [9.17, 15) is 14.9 Å². The lowest BCUT2D eigenvalue weighted by Crippen LogP contribution is -2.49. The molecule has 3 N–H and O–H groups in total. The number of benzene rings is 1. The van der Waals surface area contributed by atoms with Gasteiger partial charge in [0, 0.05) is 17.3 Å². The smallest absolute Gasteiger partial charge is 0.240 e. The van der Waals surface area contributed by atoms with Crippen LogP contribution < -0.4 is 16.0 Å². The van der Waals surface area contributed by atoms with Crippen LogP contribution in [0, 0.1) is 24.2 Å². The van der Waals surface area contributed by atoms with Crippen molar-refractivity contribution in [2.24, 2.45) is 5.92 Å². The number of anilines is 2. The fourth-order valence-corrected chi connectivity index (χ4v) is 3.56. The van der Waals surface area contributed by atoms with E-state index < -0.39 is 5.54 Å². The molecule has 2 saturated carbocycles. The number of rotatable bonds is 6. The maximum absolute atomic E-state index is 12.4. The number of hydrogen-bond acceptors (Lipinski definition) is 4. The Morgan fingerprint density at radius 1 is 1.19 bits per heavy atom. The maximum atomic E-state index is 12.4. The molecule has 2 aliphatic carbocycles.